The Hall–Kier alpha value is -2.83. The van der Waals surface area contributed by atoms with Crippen LogP contribution in [-0.2, 0) is 9.59 Å². The second kappa shape index (κ2) is 7.63. The number of amides is 2. The highest BCUT2D eigenvalue weighted by molar-refractivity contribution is 5.94. The standard InChI is InChI=1S/C17H15F3N2O2/c1-11(23)22(13-5-2-4-12(18)10-13)9-8-16(24)21-17-14(19)6-3-7-15(17)20/h2-7,10H,8-9H2,1H3,(H,21,24). The van der Waals surface area contributed by atoms with Crippen molar-refractivity contribution in [2.75, 3.05) is 16.8 Å². The van der Waals surface area contributed by atoms with Crippen LogP contribution in [-0.4, -0.2) is 18.4 Å². The maximum Gasteiger partial charge on any atom is 0.226 e. The Morgan fingerprint density at radius 1 is 1.04 bits per heavy atom. The van der Waals surface area contributed by atoms with Crippen molar-refractivity contribution in [3.8, 4) is 0 Å². The molecule has 2 amide bonds. The lowest BCUT2D eigenvalue weighted by Crippen LogP contribution is -2.32. The summed E-state index contributed by atoms with van der Waals surface area (Å²) in [7, 11) is 0. The summed E-state index contributed by atoms with van der Waals surface area (Å²) in [6.45, 7) is 1.22. The van der Waals surface area contributed by atoms with Crippen molar-refractivity contribution in [2.24, 2.45) is 0 Å². The number of carbonyl (C=O) groups is 2. The lowest BCUT2D eigenvalue weighted by atomic mass is 10.2. The molecule has 0 aliphatic carbocycles. The van der Waals surface area contributed by atoms with Gasteiger partial charge in [0.2, 0.25) is 11.8 Å². The van der Waals surface area contributed by atoms with Gasteiger partial charge in [0.05, 0.1) is 0 Å². The highest BCUT2D eigenvalue weighted by Gasteiger charge is 2.16. The number of anilines is 2. The lowest BCUT2D eigenvalue weighted by Gasteiger charge is -2.21. The largest absolute Gasteiger partial charge is 0.321 e. The number of benzene rings is 2. The van der Waals surface area contributed by atoms with E-state index >= 15 is 0 Å². The van der Waals surface area contributed by atoms with Crippen molar-refractivity contribution in [3.63, 3.8) is 0 Å². The van der Waals surface area contributed by atoms with Crippen LogP contribution in [0.5, 0.6) is 0 Å². The highest BCUT2D eigenvalue weighted by atomic mass is 19.1. The van der Waals surface area contributed by atoms with Gasteiger partial charge in [-0.2, -0.15) is 0 Å². The molecule has 1 N–H and O–H groups in total. The van der Waals surface area contributed by atoms with Gasteiger partial charge in [0.1, 0.15) is 23.1 Å². The number of hydrogen-bond donors (Lipinski definition) is 1. The maximum absolute atomic E-state index is 13.5. The summed E-state index contributed by atoms with van der Waals surface area (Å²) in [6, 6.07) is 8.59. The summed E-state index contributed by atoms with van der Waals surface area (Å²) in [5, 5.41) is 2.13. The maximum atomic E-state index is 13.5. The summed E-state index contributed by atoms with van der Waals surface area (Å²) in [6.07, 6.45) is -0.204. The molecular formula is C17H15F3N2O2. The van der Waals surface area contributed by atoms with Gasteiger partial charge in [-0.3, -0.25) is 9.59 Å². The summed E-state index contributed by atoms with van der Waals surface area (Å²) in [4.78, 5) is 24.8. The van der Waals surface area contributed by atoms with E-state index in [0.717, 1.165) is 18.2 Å². The summed E-state index contributed by atoms with van der Waals surface area (Å²) < 4.78 is 40.2. The quantitative estimate of drug-likeness (QED) is 0.909. The molecular weight excluding hydrogens is 321 g/mol. The zero-order valence-corrected chi connectivity index (χ0v) is 12.9. The van der Waals surface area contributed by atoms with Crippen LogP contribution in [0, 0.1) is 17.5 Å². The fourth-order valence-corrected chi connectivity index (χ4v) is 2.14. The molecule has 0 spiro atoms. The molecule has 0 atom stereocenters. The first kappa shape index (κ1) is 17.5. The minimum Gasteiger partial charge on any atom is -0.321 e. The molecule has 126 valence electrons. The molecule has 2 rings (SSSR count). The predicted octanol–water partition coefficient (Wildman–Crippen LogP) is 3.49. The number of para-hydroxylation sites is 1. The van der Waals surface area contributed by atoms with Crippen LogP contribution in [0.3, 0.4) is 0 Å². The zero-order chi connectivity index (χ0) is 17.7. The molecule has 0 saturated carbocycles. The van der Waals surface area contributed by atoms with Gasteiger partial charge in [0, 0.05) is 25.6 Å². The molecule has 0 aromatic heterocycles. The highest BCUT2D eigenvalue weighted by Crippen LogP contribution is 2.19. The zero-order valence-electron chi connectivity index (χ0n) is 12.9. The Morgan fingerprint density at radius 3 is 2.25 bits per heavy atom. The van der Waals surface area contributed by atoms with E-state index in [1.54, 1.807) is 0 Å². The normalized spacial score (nSPS) is 10.3. The second-order valence-electron chi connectivity index (χ2n) is 5.05. The fraction of sp³-hybridized carbons (Fsp3) is 0.176. The van der Waals surface area contributed by atoms with E-state index in [1.165, 1.54) is 36.1 Å². The van der Waals surface area contributed by atoms with Crippen LogP contribution < -0.4 is 10.2 Å². The summed E-state index contributed by atoms with van der Waals surface area (Å²) in [5.41, 5.74) is -0.241. The smallest absolute Gasteiger partial charge is 0.226 e. The van der Waals surface area contributed by atoms with E-state index in [1.807, 2.05) is 0 Å². The van der Waals surface area contributed by atoms with Crippen LogP contribution >= 0.6 is 0 Å². The average Bonchev–Trinajstić information content (AvgIpc) is 2.51. The molecule has 0 fully saturated rings. The Balaban J connectivity index is 2.04. The average molecular weight is 336 g/mol. The first-order chi connectivity index (χ1) is 11.4. The molecule has 0 saturated heterocycles. The molecule has 2 aromatic carbocycles. The van der Waals surface area contributed by atoms with Gasteiger partial charge in [-0.1, -0.05) is 12.1 Å². The third kappa shape index (κ3) is 4.34. The van der Waals surface area contributed by atoms with Crippen molar-refractivity contribution >= 4 is 23.2 Å². The molecule has 0 bridgehead atoms. The fourth-order valence-electron chi connectivity index (χ4n) is 2.14. The van der Waals surface area contributed by atoms with Crippen LogP contribution in [0.25, 0.3) is 0 Å². The van der Waals surface area contributed by atoms with Crippen LogP contribution in [0.15, 0.2) is 42.5 Å². The van der Waals surface area contributed by atoms with E-state index in [9.17, 15) is 22.8 Å². The van der Waals surface area contributed by atoms with Gasteiger partial charge >= 0.3 is 0 Å². The van der Waals surface area contributed by atoms with Crippen LogP contribution in [0.2, 0.25) is 0 Å². The molecule has 24 heavy (non-hydrogen) atoms. The minimum absolute atomic E-state index is 0.0549. The Bertz CT molecular complexity index is 745. The van der Waals surface area contributed by atoms with Gasteiger partial charge in [-0.25, -0.2) is 13.2 Å². The van der Waals surface area contributed by atoms with Gasteiger partial charge in [-0.15, -0.1) is 0 Å². The first-order valence-electron chi connectivity index (χ1n) is 7.16. The van der Waals surface area contributed by atoms with E-state index < -0.39 is 29.0 Å². The van der Waals surface area contributed by atoms with E-state index in [4.69, 9.17) is 0 Å². The van der Waals surface area contributed by atoms with Gasteiger partial charge in [0.25, 0.3) is 0 Å². The predicted molar refractivity (Wildman–Crippen MR) is 84.0 cm³/mol. The molecule has 0 aliphatic heterocycles. The van der Waals surface area contributed by atoms with E-state index in [2.05, 4.69) is 5.32 Å². The molecule has 0 heterocycles. The van der Waals surface area contributed by atoms with E-state index in [-0.39, 0.29) is 18.9 Å². The SMILES string of the molecule is CC(=O)N(CCC(=O)Nc1c(F)cccc1F)c1cccc(F)c1. The van der Waals surface area contributed by atoms with Crippen molar-refractivity contribution < 1.29 is 22.8 Å². The number of rotatable bonds is 5. The number of nitrogens with zero attached hydrogens (tertiary/aromatic N) is 1. The minimum atomic E-state index is -0.892. The van der Waals surface area contributed by atoms with E-state index in [0.29, 0.717) is 5.69 Å². The third-order valence-electron chi connectivity index (χ3n) is 3.29. The monoisotopic (exact) mass is 336 g/mol. The number of hydrogen-bond acceptors (Lipinski definition) is 2. The number of halogens is 3. The molecule has 4 nitrogen and oxygen atoms in total. The summed E-state index contributed by atoms with van der Waals surface area (Å²) in [5.74, 6) is -3.35. The molecule has 0 aliphatic rings. The van der Waals surface area contributed by atoms with Crippen LogP contribution in [0.4, 0.5) is 24.5 Å². The van der Waals surface area contributed by atoms with Crippen molar-refractivity contribution in [1.29, 1.82) is 0 Å². The van der Waals surface area contributed by atoms with Crippen LogP contribution in [0.1, 0.15) is 13.3 Å². The first-order valence-corrected chi connectivity index (χ1v) is 7.16. The van der Waals surface area contributed by atoms with Gasteiger partial charge in [0.15, 0.2) is 0 Å². The lowest BCUT2D eigenvalue weighted by molar-refractivity contribution is -0.117. The van der Waals surface area contributed by atoms with Crippen molar-refractivity contribution in [3.05, 3.63) is 59.9 Å². The van der Waals surface area contributed by atoms with Crippen molar-refractivity contribution in [2.45, 2.75) is 13.3 Å². The van der Waals surface area contributed by atoms with Gasteiger partial charge in [-0.05, 0) is 30.3 Å². The summed E-state index contributed by atoms with van der Waals surface area (Å²) >= 11 is 0. The Labute approximate surface area is 136 Å². The third-order valence-corrected chi connectivity index (χ3v) is 3.29. The Morgan fingerprint density at radius 2 is 1.67 bits per heavy atom. The molecule has 7 heteroatoms. The topological polar surface area (TPSA) is 49.4 Å². The van der Waals surface area contributed by atoms with Gasteiger partial charge < -0.3 is 10.2 Å². The second-order valence-corrected chi connectivity index (χ2v) is 5.05. The van der Waals surface area contributed by atoms with Crippen molar-refractivity contribution in [1.82, 2.24) is 0 Å². The number of nitrogens with one attached hydrogen (secondary N) is 1. The molecule has 0 radical (unpaired) electrons. The number of carbonyl (C=O) groups excluding carboxylic acids is 2. The molecule has 0 unspecified atom stereocenters. The molecule has 2 aromatic rings. The Kier molecular flexibility index (Phi) is 5.57.